The van der Waals surface area contributed by atoms with Crippen molar-refractivity contribution in [3.63, 3.8) is 0 Å². The van der Waals surface area contributed by atoms with Gasteiger partial charge in [-0.05, 0) is 38.2 Å². The van der Waals surface area contributed by atoms with Crippen molar-refractivity contribution in [3.05, 3.63) is 24.3 Å². The summed E-state index contributed by atoms with van der Waals surface area (Å²) in [6, 6.07) is 6.73. The second-order valence-electron chi connectivity index (χ2n) is 5.40. The van der Waals surface area contributed by atoms with Crippen LogP contribution in [0.5, 0.6) is 0 Å². The molecule has 0 aliphatic carbocycles. The summed E-state index contributed by atoms with van der Waals surface area (Å²) < 4.78 is 26.7. The van der Waals surface area contributed by atoms with E-state index in [9.17, 15) is 8.42 Å². The van der Waals surface area contributed by atoms with Gasteiger partial charge >= 0.3 is 0 Å². The van der Waals surface area contributed by atoms with E-state index in [0.29, 0.717) is 24.7 Å². The van der Waals surface area contributed by atoms with Gasteiger partial charge in [-0.15, -0.1) is 0 Å². The Kier molecular flexibility index (Phi) is 3.85. The van der Waals surface area contributed by atoms with E-state index >= 15 is 0 Å². The molecule has 0 bridgehead atoms. The summed E-state index contributed by atoms with van der Waals surface area (Å²) >= 11 is 0. The lowest BCUT2D eigenvalue weighted by atomic mass is 10.1. The zero-order chi connectivity index (χ0) is 14.2. The molecule has 2 atom stereocenters. The van der Waals surface area contributed by atoms with Crippen molar-refractivity contribution in [2.24, 2.45) is 5.92 Å². The first-order chi connectivity index (χ1) is 8.82. The van der Waals surface area contributed by atoms with E-state index in [-0.39, 0.29) is 10.9 Å². The number of anilines is 1. The Morgan fingerprint density at radius 1 is 1.32 bits per heavy atom. The van der Waals surface area contributed by atoms with Gasteiger partial charge in [0.1, 0.15) is 0 Å². The summed E-state index contributed by atoms with van der Waals surface area (Å²) in [5, 5.41) is 0. The van der Waals surface area contributed by atoms with Crippen molar-refractivity contribution >= 4 is 15.7 Å². The standard InChI is InChI=1S/C13H21N3O2S/c1-10-8-16(9-13(10)15(2)3)19(17,18)12-6-4-5-11(14)7-12/h4-7,10,13H,8-9,14H2,1-3H3. The first-order valence-electron chi connectivity index (χ1n) is 6.34. The van der Waals surface area contributed by atoms with Crippen molar-refractivity contribution in [2.75, 3.05) is 32.9 Å². The number of hydrogen-bond acceptors (Lipinski definition) is 4. The van der Waals surface area contributed by atoms with Gasteiger partial charge in [-0.3, -0.25) is 0 Å². The number of nitrogen functional groups attached to an aromatic ring is 1. The number of hydrogen-bond donors (Lipinski definition) is 1. The molecule has 5 nitrogen and oxygen atoms in total. The number of sulfonamides is 1. The van der Waals surface area contributed by atoms with Gasteiger partial charge in [-0.1, -0.05) is 13.0 Å². The predicted octanol–water partition coefficient (Wildman–Crippen LogP) is 0.839. The monoisotopic (exact) mass is 283 g/mol. The van der Waals surface area contributed by atoms with Gasteiger partial charge in [0.15, 0.2) is 0 Å². The third-order valence-corrected chi connectivity index (χ3v) is 5.53. The summed E-state index contributed by atoms with van der Waals surface area (Å²) in [7, 11) is 0.534. The molecular formula is C13H21N3O2S. The Bertz CT molecular complexity index is 557. The topological polar surface area (TPSA) is 66.6 Å². The smallest absolute Gasteiger partial charge is 0.243 e. The Morgan fingerprint density at radius 2 is 2.00 bits per heavy atom. The number of nitrogens with two attached hydrogens (primary N) is 1. The number of likely N-dealkylation sites (N-methyl/N-ethyl adjacent to an activating group) is 1. The first-order valence-corrected chi connectivity index (χ1v) is 7.78. The van der Waals surface area contributed by atoms with Gasteiger partial charge < -0.3 is 10.6 Å². The van der Waals surface area contributed by atoms with E-state index in [1.165, 1.54) is 6.07 Å². The fourth-order valence-corrected chi connectivity index (χ4v) is 4.21. The molecule has 1 aromatic carbocycles. The third-order valence-electron chi connectivity index (χ3n) is 3.70. The highest BCUT2D eigenvalue weighted by Crippen LogP contribution is 2.27. The minimum atomic E-state index is -3.43. The van der Waals surface area contributed by atoms with Crippen LogP contribution >= 0.6 is 0 Å². The summed E-state index contributed by atoms with van der Waals surface area (Å²) in [4.78, 5) is 2.36. The highest BCUT2D eigenvalue weighted by atomic mass is 32.2. The fourth-order valence-electron chi connectivity index (χ4n) is 2.60. The SMILES string of the molecule is CC1CN(S(=O)(=O)c2cccc(N)c2)CC1N(C)C. The summed E-state index contributed by atoms with van der Waals surface area (Å²) in [5.41, 5.74) is 6.14. The van der Waals surface area contributed by atoms with Crippen LogP contribution in [0.4, 0.5) is 5.69 Å². The Labute approximate surface area is 115 Å². The van der Waals surface area contributed by atoms with Gasteiger partial charge in [0, 0.05) is 24.8 Å². The normalized spacial score (nSPS) is 25.1. The zero-order valence-corrected chi connectivity index (χ0v) is 12.4. The van der Waals surface area contributed by atoms with Crippen LogP contribution in [0.1, 0.15) is 6.92 Å². The average molecular weight is 283 g/mol. The fraction of sp³-hybridized carbons (Fsp3) is 0.538. The quantitative estimate of drug-likeness (QED) is 0.835. The van der Waals surface area contributed by atoms with Crippen LogP contribution in [-0.2, 0) is 10.0 Å². The molecule has 2 unspecified atom stereocenters. The Balaban J connectivity index is 2.27. The molecule has 106 valence electrons. The highest BCUT2D eigenvalue weighted by molar-refractivity contribution is 7.89. The molecule has 1 aromatic rings. The average Bonchev–Trinajstić information content (AvgIpc) is 2.72. The van der Waals surface area contributed by atoms with Crippen LogP contribution < -0.4 is 5.73 Å². The first kappa shape index (κ1) is 14.3. The van der Waals surface area contributed by atoms with Gasteiger partial charge in [0.2, 0.25) is 10.0 Å². The van der Waals surface area contributed by atoms with Crippen molar-refractivity contribution in [1.82, 2.24) is 9.21 Å². The lowest BCUT2D eigenvalue weighted by molar-refractivity contribution is 0.263. The minimum Gasteiger partial charge on any atom is -0.399 e. The second-order valence-corrected chi connectivity index (χ2v) is 7.34. The van der Waals surface area contributed by atoms with Gasteiger partial charge in [-0.2, -0.15) is 4.31 Å². The molecule has 19 heavy (non-hydrogen) atoms. The maximum atomic E-state index is 12.6. The molecule has 0 spiro atoms. The summed E-state index contributed by atoms with van der Waals surface area (Å²) in [6.45, 7) is 3.17. The number of nitrogens with zero attached hydrogens (tertiary/aromatic N) is 2. The van der Waals surface area contributed by atoms with E-state index in [0.717, 1.165) is 0 Å². The summed E-state index contributed by atoms with van der Waals surface area (Å²) in [5.74, 6) is 0.325. The van der Waals surface area contributed by atoms with E-state index in [4.69, 9.17) is 5.73 Å². The van der Waals surface area contributed by atoms with Crippen LogP contribution in [-0.4, -0.2) is 50.8 Å². The van der Waals surface area contributed by atoms with E-state index in [1.807, 2.05) is 14.1 Å². The van der Waals surface area contributed by atoms with Crippen molar-refractivity contribution in [2.45, 2.75) is 17.9 Å². The molecule has 0 aromatic heterocycles. The van der Waals surface area contributed by atoms with Gasteiger partial charge in [0.05, 0.1) is 4.90 Å². The Hall–Kier alpha value is -1.11. The largest absolute Gasteiger partial charge is 0.399 e. The third kappa shape index (κ3) is 2.75. The number of rotatable bonds is 3. The van der Waals surface area contributed by atoms with Crippen molar-refractivity contribution < 1.29 is 8.42 Å². The zero-order valence-electron chi connectivity index (χ0n) is 11.6. The molecule has 1 aliphatic rings. The molecule has 6 heteroatoms. The van der Waals surface area contributed by atoms with Crippen LogP contribution in [0.25, 0.3) is 0 Å². The molecule has 1 saturated heterocycles. The molecular weight excluding hydrogens is 262 g/mol. The minimum absolute atomic E-state index is 0.260. The maximum absolute atomic E-state index is 12.6. The van der Waals surface area contributed by atoms with E-state index in [1.54, 1.807) is 22.5 Å². The molecule has 2 N–H and O–H groups in total. The van der Waals surface area contributed by atoms with Crippen molar-refractivity contribution in [3.8, 4) is 0 Å². The van der Waals surface area contributed by atoms with Crippen LogP contribution in [0.3, 0.4) is 0 Å². The van der Waals surface area contributed by atoms with Crippen molar-refractivity contribution in [1.29, 1.82) is 0 Å². The van der Waals surface area contributed by atoms with Crippen LogP contribution in [0, 0.1) is 5.92 Å². The lowest BCUT2D eigenvalue weighted by Crippen LogP contribution is -2.35. The number of benzene rings is 1. The molecule has 0 saturated carbocycles. The van der Waals surface area contributed by atoms with Gasteiger partial charge in [0.25, 0.3) is 0 Å². The molecule has 1 aliphatic heterocycles. The van der Waals surface area contributed by atoms with Gasteiger partial charge in [-0.25, -0.2) is 8.42 Å². The predicted molar refractivity (Wildman–Crippen MR) is 76.3 cm³/mol. The Morgan fingerprint density at radius 3 is 2.53 bits per heavy atom. The molecule has 0 radical (unpaired) electrons. The molecule has 1 heterocycles. The second kappa shape index (κ2) is 5.11. The lowest BCUT2D eigenvalue weighted by Gasteiger charge is -2.22. The van der Waals surface area contributed by atoms with E-state index in [2.05, 4.69) is 11.8 Å². The molecule has 0 amide bonds. The molecule has 1 fully saturated rings. The summed E-state index contributed by atoms with van der Waals surface area (Å²) in [6.07, 6.45) is 0. The molecule has 2 rings (SSSR count). The maximum Gasteiger partial charge on any atom is 0.243 e. The van der Waals surface area contributed by atoms with E-state index < -0.39 is 10.0 Å². The highest BCUT2D eigenvalue weighted by Gasteiger charge is 2.38. The van der Waals surface area contributed by atoms with Crippen LogP contribution in [0.2, 0.25) is 0 Å². The van der Waals surface area contributed by atoms with Crippen LogP contribution in [0.15, 0.2) is 29.2 Å².